The van der Waals surface area contributed by atoms with Gasteiger partial charge in [0.25, 0.3) is 11.5 Å². The Bertz CT molecular complexity index is 2040. The number of benzene rings is 1. The molecule has 1 aliphatic carbocycles. The van der Waals surface area contributed by atoms with Gasteiger partial charge in [0, 0.05) is 36.8 Å². The van der Waals surface area contributed by atoms with Crippen LogP contribution < -0.4 is 10.9 Å². The normalized spacial score (nSPS) is 18.2. The molecule has 3 aliphatic rings. The summed E-state index contributed by atoms with van der Waals surface area (Å²) in [7, 11) is 1.43. The number of nitrogens with one attached hydrogen (secondary N) is 1. The molecule has 0 bridgehead atoms. The van der Waals surface area contributed by atoms with Gasteiger partial charge in [-0.3, -0.25) is 19.4 Å². The number of piperidine rings is 1. The van der Waals surface area contributed by atoms with Gasteiger partial charge in [0.05, 0.1) is 24.5 Å². The summed E-state index contributed by atoms with van der Waals surface area (Å²) in [6, 6.07) is 1.38. The molecule has 2 amide bonds. The smallest absolute Gasteiger partial charge is 0.419 e. The number of aliphatic hydroxyl groups excluding tert-OH is 1. The van der Waals surface area contributed by atoms with Gasteiger partial charge in [-0.05, 0) is 68.7 Å². The van der Waals surface area contributed by atoms with Crippen molar-refractivity contribution >= 4 is 46.2 Å². The summed E-state index contributed by atoms with van der Waals surface area (Å²) in [6.07, 6.45) is 1.89. The van der Waals surface area contributed by atoms with Crippen molar-refractivity contribution in [3.63, 3.8) is 0 Å². The Morgan fingerprint density at radius 1 is 1.20 bits per heavy atom. The number of carbonyl (C=O) groups excluding carboxylic acids is 2. The maximum atomic E-state index is 14.6. The maximum Gasteiger partial charge on any atom is 0.419 e. The van der Waals surface area contributed by atoms with Crippen LogP contribution in [-0.4, -0.2) is 80.0 Å². The highest BCUT2D eigenvalue weighted by Gasteiger charge is 2.45. The van der Waals surface area contributed by atoms with Gasteiger partial charge in [-0.25, -0.2) is 4.39 Å². The van der Waals surface area contributed by atoms with E-state index in [-0.39, 0.29) is 36.0 Å². The fourth-order valence-electron chi connectivity index (χ4n) is 7.24. The number of rotatable bonds is 7. The number of fused-ring (bicyclic) bond motifs is 3. The predicted octanol–water partition coefficient (Wildman–Crippen LogP) is 5.26. The molecule has 2 aliphatic heterocycles. The van der Waals surface area contributed by atoms with E-state index in [1.807, 2.05) is 13.0 Å². The lowest BCUT2D eigenvalue weighted by atomic mass is 9.66. The van der Waals surface area contributed by atoms with Crippen molar-refractivity contribution in [1.82, 2.24) is 24.1 Å². The third-order valence-corrected chi connectivity index (χ3v) is 10.1. The minimum absolute atomic E-state index is 0.0440. The molecule has 2 N–H and O–H groups in total. The summed E-state index contributed by atoms with van der Waals surface area (Å²) in [5, 5.41) is 16.5. The van der Waals surface area contributed by atoms with Gasteiger partial charge < -0.3 is 24.6 Å². The molecule has 4 heterocycles. The molecule has 0 saturated carbocycles. The van der Waals surface area contributed by atoms with Crippen molar-refractivity contribution in [3.05, 3.63) is 73.9 Å². The van der Waals surface area contributed by atoms with Crippen LogP contribution >= 0.6 is 11.6 Å². The van der Waals surface area contributed by atoms with Crippen LogP contribution in [0.15, 0.2) is 39.8 Å². The van der Waals surface area contributed by atoms with Crippen LogP contribution in [0.5, 0.6) is 0 Å². The van der Waals surface area contributed by atoms with E-state index in [4.69, 9.17) is 16.3 Å². The van der Waals surface area contributed by atoms with Crippen LogP contribution in [0.4, 0.5) is 23.2 Å². The van der Waals surface area contributed by atoms with Gasteiger partial charge >= 0.3 is 6.18 Å². The summed E-state index contributed by atoms with van der Waals surface area (Å²) in [6.45, 7) is 2.72. The maximum absolute atomic E-state index is 14.6. The second kappa shape index (κ2) is 14.2. The lowest BCUT2D eigenvalue weighted by Gasteiger charge is -2.45. The third kappa shape index (κ3) is 6.78. The second-order valence-corrected chi connectivity index (χ2v) is 13.1. The molecule has 1 aromatic carbocycles. The highest BCUT2D eigenvalue weighted by Crippen LogP contribution is 2.44. The number of halogens is 5. The van der Waals surface area contributed by atoms with E-state index >= 15 is 0 Å². The first-order valence-corrected chi connectivity index (χ1v) is 17.0. The number of alkyl halides is 3. The number of carbonyl (C=O) groups is 2. The third-order valence-electron chi connectivity index (χ3n) is 9.74. The zero-order chi connectivity index (χ0) is 36.7. The number of ether oxygens (including phenoxy) is 1. The van der Waals surface area contributed by atoms with E-state index in [0.29, 0.717) is 81.3 Å². The van der Waals surface area contributed by atoms with E-state index in [9.17, 15) is 37.1 Å². The van der Waals surface area contributed by atoms with Crippen LogP contribution in [0.3, 0.4) is 0 Å². The highest BCUT2D eigenvalue weighted by atomic mass is 35.5. The number of aliphatic hydroxyl groups is 1. The topological polar surface area (TPSA) is 143 Å². The number of anilines is 1. The average Bonchev–Trinajstić information content (AvgIpc) is 3.55. The quantitative estimate of drug-likeness (QED) is 0.192. The van der Waals surface area contributed by atoms with E-state index < -0.39 is 51.9 Å². The Morgan fingerprint density at radius 3 is 2.59 bits per heavy atom. The van der Waals surface area contributed by atoms with Gasteiger partial charge in [0.2, 0.25) is 11.7 Å². The summed E-state index contributed by atoms with van der Waals surface area (Å²) in [5.41, 5.74) is -1.26. The Morgan fingerprint density at radius 2 is 1.94 bits per heavy atom. The lowest BCUT2D eigenvalue weighted by molar-refractivity contribution is -0.140. The molecule has 51 heavy (non-hydrogen) atoms. The Hall–Kier alpha value is -4.57. The molecule has 0 radical (unpaired) electrons. The van der Waals surface area contributed by atoms with Crippen molar-refractivity contribution < 1.29 is 37.0 Å². The molecule has 0 atom stereocenters. The number of aromatic nitrogens is 4. The van der Waals surface area contributed by atoms with Crippen molar-refractivity contribution in [1.29, 1.82) is 0 Å². The number of likely N-dealkylation sites (tertiary alicyclic amines) is 1. The summed E-state index contributed by atoms with van der Waals surface area (Å²) >= 11 is 5.93. The van der Waals surface area contributed by atoms with E-state index in [2.05, 4.69) is 20.4 Å². The van der Waals surface area contributed by atoms with Gasteiger partial charge in [-0.15, -0.1) is 5.10 Å². The van der Waals surface area contributed by atoms with Gasteiger partial charge in [0.1, 0.15) is 17.3 Å². The molecule has 2 aromatic heterocycles. The van der Waals surface area contributed by atoms with Crippen LogP contribution in [-0.2, 0) is 38.9 Å². The van der Waals surface area contributed by atoms with E-state index in [1.54, 1.807) is 9.47 Å². The zero-order valence-electron chi connectivity index (χ0n) is 27.9. The molecule has 272 valence electrons. The number of hydrogen-bond donors (Lipinski definition) is 2. The first-order valence-electron chi connectivity index (χ1n) is 16.6. The molecular weight excluding hydrogens is 698 g/mol. The van der Waals surface area contributed by atoms with Crippen molar-refractivity contribution in [2.75, 3.05) is 38.7 Å². The van der Waals surface area contributed by atoms with Crippen molar-refractivity contribution in [3.8, 4) is 0 Å². The average molecular weight is 734 g/mol. The minimum Gasteiger partial charge on any atom is -0.506 e. The van der Waals surface area contributed by atoms with Crippen LogP contribution in [0, 0.1) is 5.82 Å². The molecule has 3 aromatic rings. The largest absolute Gasteiger partial charge is 0.506 e. The molecule has 1 spiro atoms. The van der Waals surface area contributed by atoms with Crippen molar-refractivity contribution in [2.24, 2.45) is 4.99 Å². The Labute approximate surface area is 294 Å². The molecule has 1 saturated heterocycles. The van der Waals surface area contributed by atoms with E-state index in [0.717, 1.165) is 11.6 Å². The summed E-state index contributed by atoms with van der Waals surface area (Å²) in [5.74, 6) is -2.69. The first-order chi connectivity index (χ1) is 24.3. The van der Waals surface area contributed by atoms with Crippen LogP contribution in [0.25, 0.3) is 11.4 Å². The fourth-order valence-corrected chi connectivity index (χ4v) is 7.45. The monoisotopic (exact) mass is 733 g/mol. The standard InChI is InChI=1S/C34H36ClF4N7O5/c1-3-5-23(47)28(40-2)31(50)44-14-12-33(13-15-44)11-4-6-22-25(33)30(49)46-32(42-29(43-46)19-9-16-51-17-10-19)45(22)18-24(48)41-21-8-7-20(34(37,38)39)27(36)26(21)35/h5,7-9,47H,3-4,6,10-18H2,1-2H3,(H,41,48)/b23-5+,40-28?. The Kier molecular flexibility index (Phi) is 10.1. The molecule has 17 heteroatoms. The van der Waals surface area contributed by atoms with Crippen LogP contribution in [0.1, 0.15) is 68.1 Å². The molecule has 12 nitrogen and oxygen atoms in total. The predicted molar refractivity (Wildman–Crippen MR) is 180 cm³/mol. The highest BCUT2D eigenvalue weighted by molar-refractivity contribution is 6.44. The van der Waals surface area contributed by atoms with E-state index in [1.165, 1.54) is 17.6 Å². The van der Waals surface area contributed by atoms with Gasteiger partial charge in [-0.1, -0.05) is 24.6 Å². The first kappa shape index (κ1) is 36.2. The number of hydrogen-bond acceptors (Lipinski definition) is 8. The van der Waals surface area contributed by atoms with Gasteiger partial charge in [-0.2, -0.15) is 22.7 Å². The number of nitrogens with zero attached hydrogens (tertiary/aromatic N) is 6. The fraction of sp³-hybridized carbons (Fsp3) is 0.471. The summed E-state index contributed by atoms with van der Waals surface area (Å²) in [4.78, 5) is 51.6. The Balaban J connectivity index is 1.39. The molecule has 6 rings (SSSR count). The molecule has 0 unspecified atom stereocenters. The van der Waals surface area contributed by atoms with Crippen molar-refractivity contribution in [2.45, 2.75) is 70.0 Å². The number of aliphatic imine (C=N–C) groups is 1. The van der Waals surface area contributed by atoms with Gasteiger partial charge in [0.15, 0.2) is 17.4 Å². The molecule has 1 fully saturated rings. The lowest BCUT2D eigenvalue weighted by Crippen LogP contribution is -2.51. The number of amides is 2. The summed E-state index contributed by atoms with van der Waals surface area (Å²) < 4.78 is 62.4. The number of allylic oxidation sites excluding steroid dienone is 1. The SMILES string of the molecule is CC/C=C(/O)C(=NC)C(=O)N1CCC2(CCCc3c2c(=O)n2nc(C4=CCOCC4)nc2n3CC(=O)Nc2ccc(C(F)(F)F)c(F)c2Cl)CC1. The minimum atomic E-state index is -4.98. The molecular formula is C34H36ClF4N7O5. The zero-order valence-corrected chi connectivity index (χ0v) is 28.7. The second-order valence-electron chi connectivity index (χ2n) is 12.7. The van der Waals surface area contributed by atoms with Crippen LogP contribution in [0.2, 0.25) is 5.02 Å².